The fraction of sp³-hybridized carbons (Fsp3) is 0.481. The van der Waals surface area contributed by atoms with Crippen molar-refractivity contribution in [1.82, 2.24) is 10.3 Å². The van der Waals surface area contributed by atoms with Crippen molar-refractivity contribution >= 4 is 29.2 Å². The van der Waals surface area contributed by atoms with E-state index in [0.717, 1.165) is 55.9 Å². The fourth-order valence-corrected chi connectivity index (χ4v) is 5.43. The Balaban J connectivity index is 1.42. The topological polar surface area (TPSA) is 118 Å². The van der Waals surface area contributed by atoms with Crippen molar-refractivity contribution in [3.63, 3.8) is 0 Å². The van der Waals surface area contributed by atoms with Crippen LogP contribution in [-0.4, -0.2) is 27.3 Å². The number of anilines is 1. The van der Waals surface area contributed by atoms with E-state index in [1.807, 2.05) is 6.07 Å². The maximum absolute atomic E-state index is 14.2. The summed E-state index contributed by atoms with van der Waals surface area (Å²) in [6.07, 6.45) is 6.22. The Labute approximate surface area is 218 Å². The molecule has 196 valence electrons. The lowest BCUT2D eigenvalue weighted by Crippen LogP contribution is -2.18. The van der Waals surface area contributed by atoms with Crippen LogP contribution in [0.3, 0.4) is 0 Å². The minimum Gasteiger partial charge on any atom is -0.481 e. The van der Waals surface area contributed by atoms with Crippen molar-refractivity contribution in [2.75, 3.05) is 5.32 Å². The van der Waals surface area contributed by atoms with Gasteiger partial charge in [-0.1, -0.05) is 41.7 Å². The second-order valence-electron chi connectivity index (χ2n) is 10.4. The normalized spacial score (nSPS) is 17.6. The summed E-state index contributed by atoms with van der Waals surface area (Å²) in [6.45, 7) is 2.18. The molecular weight excluding hydrogens is 501 g/mol. The zero-order chi connectivity index (χ0) is 26.2. The van der Waals surface area contributed by atoms with Crippen molar-refractivity contribution in [3.05, 3.63) is 52.1 Å². The molecule has 2 aliphatic rings. The molecule has 2 fully saturated rings. The standard InChI is InChI=1S/C27H29ClFN3O5/c1-27(10-2-3-11-27)21-14-20(31-36-21)26-24(15-4-5-15)25(32-37-26)16(6-9-23(34)35)12-22(33)30-19-8-7-17(28)13-18(19)29/h7-8,13-16H,2-6,9-12H2,1H3,(H,30,33)(H,34,35)/t16-/m0/s1. The average molecular weight is 530 g/mol. The van der Waals surface area contributed by atoms with Crippen LogP contribution >= 0.6 is 11.6 Å². The highest BCUT2D eigenvalue weighted by Gasteiger charge is 2.39. The lowest BCUT2D eigenvalue weighted by molar-refractivity contribution is -0.137. The first-order chi connectivity index (χ1) is 17.7. The van der Waals surface area contributed by atoms with Crippen LogP contribution in [0, 0.1) is 5.82 Å². The number of carboxylic acid groups (broad SMARTS) is 1. The predicted molar refractivity (Wildman–Crippen MR) is 134 cm³/mol. The van der Waals surface area contributed by atoms with E-state index < -0.39 is 23.6 Å². The third-order valence-corrected chi connectivity index (χ3v) is 7.75. The number of benzene rings is 1. The molecule has 0 saturated heterocycles. The monoisotopic (exact) mass is 529 g/mol. The quantitative estimate of drug-likeness (QED) is 0.296. The molecule has 0 bridgehead atoms. The molecule has 2 N–H and O–H groups in total. The molecule has 1 amide bonds. The molecule has 3 aromatic rings. The molecule has 0 spiro atoms. The number of rotatable bonds is 10. The molecule has 37 heavy (non-hydrogen) atoms. The van der Waals surface area contributed by atoms with Crippen LogP contribution in [0.2, 0.25) is 5.02 Å². The Morgan fingerprint density at radius 2 is 1.97 bits per heavy atom. The van der Waals surface area contributed by atoms with Crippen LogP contribution in [-0.2, 0) is 15.0 Å². The minimum absolute atomic E-state index is 0.00479. The summed E-state index contributed by atoms with van der Waals surface area (Å²) in [6, 6.07) is 5.91. The molecule has 10 heteroatoms. The van der Waals surface area contributed by atoms with Gasteiger partial charge in [0.15, 0.2) is 11.5 Å². The lowest BCUT2D eigenvalue weighted by Gasteiger charge is -2.18. The fourth-order valence-electron chi connectivity index (χ4n) is 5.27. The van der Waals surface area contributed by atoms with Crippen molar-refractivity contribution in [3.8, 4) is 11.5 Å². The number of carboxylic acids is 1. The van der Waals surface area contributed by atoms with E-state index in [9.17, 15) is 19.1 Å². The Bertz CT molecular complexity index is 1310. The number of carbonyl (C=O) groups excluding carboxylic acids is 1. The third kappa shape index (κ3) is 5.56. The molecule has 1 aromatic carbocycles. The van der Waals surface area contributed by atoms with Gasteiger partial charge in [-0.15, -0.1) is 0 Å². The molecule has 2 heterocycles. The van der Waals surface area contributed by atoms with Crippen LogP contribution in [0.5, 0.6) is 0 Å². The number of nitrogens with one attached hydrogen (secondary N) is 1. The SMILES string of the molecule is CC1(c2cc(-c3onc([C@@H](CCC(=O)O)CC(=O)Nc4ccc(Cl)cc4F)c3C3CC3)no2)CCCC1. The lowest BCUT2D eigenvalue weighted by atomic mass is 9.85. The molecule has 0 radical (unpaired) electrons. The predicted octanol–water partition coefficient (Wildman–Crippen LogP) is 6.81. The second-order valence-corrected chi connectivity index (χ2v) is 10.9. The minimum atomic E-state index is -0.975. The number of amides is 1. The summed E-state index contributed by atoms with van der Waals surface area (Å²) in [7, 11) is 0. The Morgan fingerprint density at radius 1 is 1.22 bits per heavy atom. The summed E-state index contributed by atoms with van der Waals surface area (Å²) < 4.78 is 25.7. The van der Waals surface area contributed by atoms with Crippen LogP contribution in [0.15, 0.2) is 33.3 Å². The highest BCUT2D eigenvalue weighted by Crippen LogP contribution is 2.49. The molecule has 8 nitrogen and oxygen atoms in total. The smallest absolute Gasteiger partial charge is 0.303 e. The van der Waals surface area contributed by atoms with Gasteiger partial charge in [0, 0.05) is 40.8 Å². The van der Waals surface area contributed by atoms with E-state index in [2.05, 4.69) is 22.6 Å². The van der Waals surface area contributed by atoms with E-state index in [4.69, 9.17) is 20.6 Å². The van der Waals surface area contributed by atoms with E-state index in [0.29, 0.717) is 17.1 Å². The summed E-state index contributed by atoms with van der Waals surface area (Å²) in [5.74, 6) is -1.08. The largest absolute Gasteiger partial charge is 0.481 e. The van der Waals surface area contributed by atoms with Gasteiger partial charge in [-0.2, -0.15) is 0 Å². The third-order valence-electron chi connectivity index (χ3n) is 7.52. The first-order valence-corrected chi connectivity index (χ1v) is 13.0. The van der Waals surface area contributed by atoms with Crippen molar-refractivity contribution < 1.29 is 28.1 Å². The average Bonchev–Trinajstić information content (AvgIpc) is 3.22. The van der Waals surface area contributed by atoms with Crippen molar-refractivity contribution in [2.45, 2.75) is 82.0 Å². The molecule has 2 saturated carbocycles. The number of aromatic nitrogens is 2. The first kappa shape index (κ1) is 25.4. The van der Waals surface area contributed by atoms with Crippen LogP contribution in [0.25, 0.3) is 11.5 Å². The van der Waals surface area contributed by atoms with Gasteiger partial charge in [0.25, 0.3) is 0 Å². The van der Waals surface area contributed by atoms with Crippen LogP contribution in [0.1, 0.15) is 93.6 Å². The van der Waals surface area contributed by atoms with Gasteiger partial charge in [0.2, 0.25) is 5.91 Å². The van der Waals surface area contributed by atoms with Gasteiger partial charge in [0.1, 0.15) is 11.6 Å². The highest BCUT2D eigenvalue weighted by molar-refractivity contribution is 6.30. The van der Waals surface area contributed by atoms with Crippen LogP contribution in [0.4, 0.5) is 10.1 Å². The summed E-state index contributed by atoms with van der Waals surface area (Å²) in [5, 5.41) is 20.7. The number of hydrogen-bond donors (Lipinski definition) is 2. The van der Waals surface area contributed by atoms with Gasteiger partial charge in [-0.25, -0.2) is 4.39 Å². The molecule has 0 aliphatic heterocycles. The van der Waals surface area contributed by atoms with Gasteiger partial charge in [0.05, 0.1) is 11.4 Å². The molecule has 2 aromatic heterocycles. The van der Waals surface area contributed by atoms with E-state index in [1.54, 1.807) is 0 Å². The second kappa shape index (κ2) is 10.3. The first-order valence-electron chi connectivity index (χ1n) is 12.7. The van der Waals surface area contributed by atoms with E-state index >= 15 is 0 Å². The summed E-state index contributed by atoms with van der Waals surface area (Å²) in [4.78, 5) is 24.3. The molecule has 2 aliphatic carbocycles. The summed E-state index contributed by atoms with van der Waals surface area (Å²) >= 11 is 5.80. The van der Waals surface area contributed by atoms with Crippen LogP contribution < -0.4 is 5.32 Å². The number of halogens is 2. The molecule has 0 unspecified atom stereocenters. The number of hydrogen-bond acceptors (Lipinski definition) is 6. The molecular formula is C27H29ClFN3O5. The van der Waals surface area contributed by atoms with Gasteiger partial charge in [-0.05, 0) is 56.2 Å². The molecule has 1 atom stereocenters. The van der Waals surface area contributed by atoms with Crippen molar-refractivity contribution in [1.29, 1.82) is 0 Å². The Morgan fingerprint density at radius 3 is 2.65 bits per heavy atom. The highest BCUT2D eigenvalue weighted by atomic mass is 35.5. The molecule has 5 rings (SSSR count). The zero-order valence-corrected chi connectivity index (χ0v) is 21.3. The zero-order valence-electron chi connectivity index (χ0n) is 20.6. The summed E-state index contributed by atoms with van der Waals surface area (Å²) in [5.41, 5.74) is 1.94. The maximum Gasteiger partial charge on any atom is 0.303 e. The number of aliphatic carboxylic acids is 1. The van der Waals surface area contributed by atoms with E-state index in [-0.39, 0.29) is 41.3 Å². The van der Waals surface area contributed by atoms with Gasteiger partial charge >= 0.3 is 5.97 Å². The maximum atomic E-state index is 14.2. The Hall–Kier alpha value is -3.20. The van der Waals surface area contributed by atoms with Gasteiger partial charge < -0.3 is 19.5 Å². The number of nitrogens with zero attached hydrogens (tertiary/aromatic N) is 2. The van der Waals surface area contributed by atoms with Gasteiger partial charge in [-0.3, -0.25) is 9.59 Å². The van der Waals surface area contributed by atoms with E-state index in [1.165, 1.54) is 12.1 Å². The van der Waals surface area contributed by atoms with Crippen molar-refractivity contribution in [2.24, 2.45) is 0 Å². The Kier molecular flexibility index (Phi) is 7.07. The number of carbonyl (C=O) groups is 2.